The summed E-state index contributed by atoms with van der Waals surface area (Å²) in [6, 6.07) is 15.4. The molecule has 1 atom stereocenters. The molecule has 0 aromatic heterocycles. The van der Waals surface area contributed by atoms with Gasteiger partial charge >= 0.3 is 0 Å². The highest BCUT2D eigenvalue weighted by Crippen LogP contribution is 2.30. The predicted molar refractivity (Wildman–Crippen MR) is 84.7 cm³/mol. The second-order valence-corrected chi connectivity index (χ2v) is 6.23. The van der Waals surface area contributed by atoms with E-state index in [2.05, 4.69) is 45.1 Å². The summed E-state index contributed by atoms with van der Waals surface area (Å²) in [5.41, 5.74) is 2.51. The first-order valence-corrected chi connectivity index (χ1v) is 7.77. The van der Waals surface area contributed by atoms with Crippen molar-refractivity contribution in [2.75, 3.05) is 18.0 Å². The minimum absolute atomic E-state index is 0.171. The molecule has 1 aliphatic rings. The van der Waals surface area contributed by atoms with Crippen LogP contribution in [-0.2, 0) is 0 Å². The molecule has 1 unspecified atom stereocenters. The molecule has 3 heteroatoms. The lowest BCUT2D eigenvalue weighted by molar-refractivity contribution is 0.510. The molecule has 1 aliphatic heterocycles. The zero-order valence-electron chi connectivity index (χ0n) is 11.2. The fourth-order valence-electron chi connectivity index (χ4n) is 2.87. The SMILES string of the molecule is Fc1ccc(N2CCCC(c3ccc(Br)cc3)C2)cc1. The Morgan fingerprint density at radius 2 is 1.70 bits per heavy atom. The highest BCUT2D eigenvalue weighted by Gasteiger charge is 2.21. The molecular formula is C17H17BrFN. The number of rotatable bonds is 2. The van der Waals surface area contributed by atoms with Crippen molar-refractivity contribution in [1.82, 2.24) is 0 Å². The number of halogens is 2. The second-order valence-electron chi connectivity index (χ2n) is 5.31. The Morgan fingerprint density at radius 1 is 1.00 bits per heavy atom. The summed E-state index contributed by atoms with van der Waals surface area (Å²) in [6.07, 6.45) is 2.40. The molecule has 1 saturated heterocycles. The molecule has 1 heterocycles. The van der Waals surface area contributed by atoms with Crippen molar-refractivity contribution in [3.8, 4) is 0 Å². The van der Waals surface area contributed by atoms with E-state index in [-0.39, 0.29) is 5.82 Å². The van der Waals surface area contributed by atoms with Gasteiger partial charge in [0.1, 0.15) is 5.82 Å². The van der Waals surface area contributed by atoms with Crippen LogP contribution in [0.2, 0.25) is 0 Å². The summed E-state index contributed by atoms with van der Waals surface area (Å²) in [7, 11) is 0. The largest absolute Gasteiger partial charge is 0.371 e. The van der Waals surface area contributed by atoms with Crippen molar-refractivity contribution < 1.29 is 4.39 Å². The molecule has 1 fully saturated rings. The number of hydrogen-bond donors (Lipinski definition) is 0. The Morgan fingerprint density at radius 3 is 2.40 bits per heavy atom. The molecule has 20 heavy (non-hydrogen) atoms. The summed E-state index contributed by atoms with van der Waals surface area (Å²) < 4.78 is 14.1. The molecule has 104 valence electrons. The maximum atomic E-state index is 13.0. The van der Waals surface area contributed by atoms with Gasteiger partial charge in [0.15, 0.2) is 0 Å². The van der Waals surface area contributed by atoms with Gasteiger partial charge in [-0.05, 0) is 54.8 Å². The van der Waals surface area contributed by atoms with E-state index in [1.807, 2.05) is 12.1 Å². The maximum Gasteiger partial charge on any atom is 0.123 e. The van der Waals surface area contributed by atoms with E-state index in [1.54, 1.807) is 12.1 Å². The highest BCUT2D eigenvalue weighted by molar-refractivity contribution is 9.10. The van der Waals surface area contributed by atoms with Crippen LogP contribution in [0.1, 0.15) is 24.3 Å². The smallest absolute Gasteiger partial charge is 0.123 e. The summed E-state index contributed by atoms with van der Waals surface area (Å²) in [4.78, 5) is 2.36. The van der Waals surface area contributed by atoms with Gasteiger partial charge in [-0.3, -0.25) is 0 Å². The second kappa shape index (κ2) is 5.96. The van der Waals surface area contributed by atoms with Crippen LogP contribution in [0.3, 0.4) is 0 Å². The van der Waals surface area contributed by atoms with E-state index >= 15 is 0 Å². The Bertz CT molecular complexity index is 513. The molecule has 0 aliphatic carbocycles. The first kappa shape index (κ1) is 13.6. The lowest BCUT2D eigenvalue weighted by atomic mass is 9.90. The van der Waals surface area contributed by atoms with Crippen LogP contribution in [0.25, 0.3) is 0 Å². The molecule has 0 radical (unpaired) electrons. The predicted octanol–water partition coefficient (Wildman–Crippen LogP) is 4.97. The third kappa shape index (κ3) is 3.04. The average Bonchev–Trinajstić information content (AvgIpc) is 2.49. The van der Waals surface area contributed by atoms with Crippen LogP contribution in [0, 0.1) is 5.82 Å². The standard InChI is InChI=1S/C17H17BrFN/c18-15-5-3-13(4-6-15)14-2-1-11-20(12-14)17-9-7-16(19)8-10-17/h3-10,14H,1-2,11-12H2. The number of nitrogens with zero attached hydrogens (tertiary/aromatic N) is 1. The van der Waals surface area contributed by atoms with E-state index in [0.29, 0.717) is 5.92 Å². The van der Waals surface area contributed by atoms with E-state index in [4.69, 9.17) is 0 Å². The lowest BCUT2D eigenvalue weighted by Gasteiger charge is -2.34. The van der Waals surface area contributed by atoms with Gasteiger partial charge in [0, 0.05) is 29.2 Å². The lowest BCUT2D eigenvalue weighted by Crippen LogP contribution is -2.34. The number of anilines is 1. The first-order chi connectivity index (χ1) is 9.72. The molecule has 1 nitrogen and oxygen atoms in total. The molecule has 0 saturated carbocycles. The summed E-state index contributed by atoms with van der Waals surface area (Å²) in [5, 5.41) is 0. The van der Waals surface area contributed by atoms with Crippen LogP contribution in [0.15, 0.2) is 53.0 Å². The van der Waals surface area contributed by atoms with Gasteiger partial charge in [-0.2, -0.15) is 0 Å². The minimum atomic E-state index is -0.171. The van der Waals surface area contributed by atoms with Gasteiger partial charge in [-0.25, -0.2) is 4.39 Å². The van der Waals surface area contributed by atoms with Crippen LogP contribution < -0.4 is 4.90 Å². The first-order valence-electron chi connectivity index (χ1n) is 6.98. The fourth-order valence-corrected chi connectivity index (χ4v) is 3.13. The Labute approximate surface area is 127 Å². The summed E-state index contributed by atoms with van der Waals surface area (Å²) >= 11 is 3.48. The summed E-state index contributed by atoms with van der Waals surface area (Å²) in [6.45, 7) is 2.06. The van der Waals surface area contributed by atoms with Crippen molar-refractivity contribution in [1.29, 1.82) is 0 Å². The van der Waals surface area contributed by atoms with Gasteiger partial charge in [0.2, 0.25) is 0 Å². The molecule has 2 aromatic rings. The van der Waals surface area contributed by atoms with Crippen LogP contribution >= 0.6 is 15.9 Å². The highest BCUT2D eigenvalue weighted by atomic mass is 79.9. The van der Waals surface area contributed by atoms with Crippen LogP contribution in [0.4, 0.5) is 10.1 Å². The zero-order chi connectivity index (χ0) is 13.9. The molecule has 2 aromatic carbocycles. The third-order valence-corrected chi connectivity index (χ3v) is 4.48. The number of benzene rings is 2. The summed E-state index contributed by atoms with van der Waals surface area (Å²) in [5.74, 6) is 0.386. The quantitative estimate of drug-likeness (QED) is 0.749. The zero-order valence-corrected chi connectivity index (χ0v) is 12.8. The molecule has 3 rings (SSSR count). The Balaban J connectivity index is 1.76. The fraction of sp³-hybridized carbons (Fsp3) is 0.294. The minimum Gasteiger partial charge on any atom is -0.371 e. The Hall–Kier alpha value is -1.35. The van der Waals surface area contributed by atoms with Crippen molar-refractivity contribution in [3.63, 3.8) is 0 Å². The van der Waals surface area contributed by atoms with E-state index in [0.717, 1.165) is 23.2 Å². The topological polar surface area (TPSA) is 3.24 Å². The molecule has 0 amide bonds. The van der Waals surface area contributed by atoms with Crippen molar-refractivity contribution in [2.24, 2.45) is 0 Å². The average molecular weight is 334 g/mol. The van der Waals surface area contributed by atoms with Gasteiger partial charge in [-0.15, -0.1) is 0 Å². The van der Waals surface area contributed by atoms with Gasteiger partial charge in [-0.1, -0.05) is 28.1 Å². The van der Waals surface area contributed by atoms with E-state index < -0.39 is 0 Å². The van der Waals surface area contributed by atoms with Gasteiger partial charge < -0.3 is 4.90 Å². The van der Waals surface area contributed by atoms with Crippen LogP contribution in [0.5, 0.6) is 0 Å². The monoisotopic (exact) mass is 333 g/mol. The third-order valence-electron chi connectivity index (χ3n) is 3.95. The van der Waals surface area contributed by atoms with E-state index in [9.17, 15) is 4.39 Å². The van der Waals surface area contributed by atoms with Crippen molar-refractivity contribution in [3.05, 3.63) is 64.4 Å². The number of piperidine rings is 1. The maximum absolute atomic E-state index is 13.0. The normalized spacial score (nSPS) is 19.1. The molecular weight excluding hydrogens is 317 g/mol. The van der Waals surface area contributed by atoms with Crippen molar-refractivity contribution >= 4 is 21.6 Å². The molecule has 0 N–H and O–H groups in total. The van der Waals surface area contributed by atoms with Gasteiger partial charge in [0.25, 0.3) is 0 Å². The molecule has 0 spiro atoms. The van der Waals surface area contributed by atoms with E-state index in [1.165, 1.54) is 18.4 Å². The number of hydrogen-bond acceptors (Lipinski definition) is 1. The molecule has 0 bridgehead atoms. The van der Waals surface area contributed by atoms with Crippen LogP contribution in [-0.4, -0.2) is 13.1 Å². The van der Waals surface area contributed by atoms with Gasteiger partial charge in [0.05, 0.1) is 0 Å². The van der Waals surface area contributed by atoms with Crippen molar-refractivity contribution in [2.45, 2.75) is 18.8 Å². The Kier molecular flexibility index (Phi) is 4.06.